The first kappa shape index (κ1) is 16.3. The van der Waals surface area contributed by atoms with Gasteiger partial charge in [0.1, 0.15) is 6.54 Å². The third kappa shape index (κ3) is 5.92. The molecule has 0 heterocycles. The van der Waals surface area contributed by atoms with Crippen LogP contribution in [-0.4, -0.2) is 25.3 Å². The maximum Gasteiger partial charge on any atom is 0.405 e. The Morgan fingerprint density at radius 2 is 2.05 bits per heavy atom. The minimum atomic E-state index is -4.42. The van der Waals surface area contributed by atoms with E-state index in [0.717, 1.165) is 12.1 Å². The van der Waals surface area contributed by atoms with E-state index in [4.69, 9.17) is 0 Å². The van der Waals surface area contributed by atoms with Gasteiger partial charge in [-0.1, -0.05) is 19.1 Å². The van der Waals surface area contributed by atoms with Gasteiger partial charge in [0, 0.05) is 11.7 Å². The Hall–Kier alpha value is -1.76. The molecule has 2 amide bonds. The van der Waals surface area contributed by atoms with E-state index in [-0.39, 0.29) is 6.04 Å². The molecule has 3 N–H and O–H groups in total. The van der Waals surface area contributed by atoms with Gasteiger partial charge in [-0.05, 0) is 31.2 Å². The summed E-state index contributed by atoms with van der Waals surface area (Å²) in [7, 11) is 0. The first-order chi connectivity index (χ1) is 9.31. The van der Waals surface area contributed by atoms with Crippen LogP contribution in [-0.2, 0) is 0 Å². The van der Waals surface area contributed by atoms with Gasteiger partial charge in [0.15, 0.2) is 0 Å². The number of carbonyl (C=O) groups is 1. The molecule has 1 rings (SSSR count). The minimum Gasteiger partial charge on any atom is -0.329 e. The fourth-order valence-electron chi connectivity index (χ4n) is 1.67. The maximum atomic E-state index is 12.0. The van der Waals surface area contributed by atoms with E-state index < -0.39 is 18.8 Å². The van der Waals surface area contributed by atoms with Crippen LogP contribution in [0.3, 0.4) is 0 Å². The number of hydrogen-bond acceptors (Lipinski definition) is 2. The summed E-state index contributed by atoms with van der Waals surface area (Å²) in [4.78, 5) is 11.3. The van der Waals surface area contributed by atoms with E-state index >= 15 is 0 Å². The first-order valence-electron chi connectivity index (χ1n) is 6.26. The molecule has 0 saturated heterocycles. The van der Waals surface area contributed by atoms with Crippen LogP contribution in [0, 0.1) is 0 Å². The van der Waals surface area contributed by atoms with E-state index in [1.54, 1.807) is 23.5 Å². The molecule has 0 aliphatic heterocycles. The minimum absolute atomic E-state index is 0.0972. The number of hydrogen-bond donors (Lipinski definition) is 3. The van der Waals surface area contributed by atoms with Gasteiger partial charge in [-0.3, -0.25) is 0 Å². The second kappa shape index (κ2) is 7.14. The number of benzene rings is 1. The number of nitrogens with one attached hydrogen (secondary N) is 3. The second-order valence-corrected chi connectivity index (χ2v) is 4.33. The summed E-state index contributed by atoms with van der Waals surface area (Å²) in [6, 6.07) is 6.18. The van der Waals surface area contributed by atoms with E-state index in [1.807, 2.05) is 19.9 Å². The Morgan fingerprint density at radius 1 is 1.35 bits per heavy atom. The monoisotopic (exact) mass is 289 g/mol. The standard InChI is InChI=1S/C13H18F3N3O/c1-3-17-9(2)10-5-4-6-11(7-10)19-12(20)18-8-13(14,15)16/h4-7,9,17H,3,8H2,1-2H3,(H2,18,19,20). The zero-order valence-electron chi connectivity index (χ0n) is 11.3. The van der Waals surface area contributed by atoms with Crippen molar-refractivity contribution in [2.24, 2.45) is 0 Å². The summed E-state index contributed by atoms with van der Waals surface area (Å²) in [5, 5.41) is 7.34. The predicted octanol–water partition coefficient (Wildman–Crippen LogP) is 3.04. The van der Waals surface area contributed by atoms with Crippen molar-refractivity contribution >= 4 is 11.7 Å². The van der Waals surface area contributed by atoms with Crippen molar-refractivity contribution in [2.75, 3.05) is 18.4 Å². The van der Waals surface area contributed by atoms with Crippen LogP contribution in [0.2, 0.25) is 0 Å². The summed E-state index contributed by atoms with van der Waals surface area (Å²) in [6.45, 7) is 3.38. The van der Waals surface area contributed by atoms with Gasteiger partial charge in [0.05, 0.1) is 0 Å². The Kier molecular flexibility index (Phi) is 5.82. The predicted molar refractivity (Wildman–Crippen MR) is 71.6 cm³/mol. The summed E-state index contributed by atoms with van der Waals surface area (Å²) in [5.41, 5.74) is 1.40. The molecule has 1 aromatic rings. The molecule has 0 fully saturated rings. The lowest BCUT2D eigenvalue weighted by atomic mass is 10.1. The number of rotatable bonds is 5. The molecule has 1 aromatic carbocycles. The normalized spacial score (nSPS) is 12.8. The molecule has 1 unspecified atom stereocenters. The molecule has 4 nitrogen and oxygen atoms in total. The zero-order chi connectivity index (χ0) is 15.2. The molecule has 0 saturated carbocycles. The van der Waals surface area contributed by atoms with Crippen LogP contribution >= 0.6 is 0 Å². The summed E-state index contributed by atoms with van der Waals surface area (Å²) < 4.78 is 35.9. The molecule has 112 valence electrons. The van der Waals surface area contributed by atoms with Crippen LogP contribution in [0.15, 0.2) is 24.3 Å². The fourth-order valence-corrected chi connectivity index (χ4v) is 1.67. The number of urea groups is 1. The molecule has 0 aliphatic carbocycles. The van der Waals surface area contributed by atoms with Crippen LogP contribution in [0.5, 0.6) is 0 Å². The van der Waals surface area contributed by atoms with Crippen LogP contribution in [0.4, 0.5) is 23.7 Å². The van der Waals surface area contributed by atoms with Gasteiger partial charge >= 0.3 is 12.2 Å². The SMILES string of the molecule is CCNC(C)c1cccc(NC(=O)NCC(F)(F)F)c1. The molecule has 0 spiro atoms. The largest absolute Gasteiger partial charge is 0.405 e. The highest BCUT2D eigenvalue weighted by Gasteiger charge is 2.27. The summed E-state index contributed by atoms with van der Waals surface area (Å²) in [5.74, 6) is 0. The summed E-state index contributed by atoms with van der Waals surface area (Å²) in [6.07, 6.45) is -4.42. The number of halogens is 3. The van der Waals surface area contributed by atoms with Gasteiger partial charge in [-0.2, -0.15) is 13.2 Å². The third-order valence-electron chi connectivity index (χ3n) is 2.60. The zero-order valence-corrected chi connectivity index (χ0v) is 11.3. The van der Waals surface area contributed by atoms with Crippen LogP contribution < -0.4 is 16.0 Å². The van der Waals surface area contributed by atoms with Crippen molar-refractivity contribution in [3.8, 4) is 0 Å². The Labute approximate surface area is 115 Å². The van der Waals surface area contributed by atoms with Crippen molar-refractivity contribution in [3.05, 3.63) is 29.8 Å². The molecule has 0 aromatic heterocycles. The Morgan fingerprint density at radius 3 is 2.65 bits per heavy atom. The molecule has 0 aliphatic rings. The topological polar surface area (TPSA) is 53.2 Å². The van der Waals surface area contributed by atoms with Gasteiger partial charge in [0.25, 0.3) is 0 Å². The average molecular weight is 289 g/mol. The van der Waals surface area contributed by atoms with Crippen molar-refractivity contribution < 1.29 is 18.0 Å². The second-order valence-electron chi connectivity index (χ2n) is 4.33. The van der Waals surface area contributed by atoms with E-state index in [0.29, 0.717) is 5.69 Å². The van der Waals surface area contributed by atoms with Crippen LogP contribution in [0.1, 0.15) is 25.5 Å². The highest BCUT2D eigenvalue weighted by Crippen LogP contribution is 2.17. The fraction of sp³-hybridized carbons (Fsp3) is 0.462. The number of carbonyl (C=O) groups excluding carboxylic acids is 1. The third-order valence-corrected chi connectivity index (χ3v) is 2.60. The lowest BCUT2D eigenvalue weighted by Crippen LogP contribution is -2.36. The number of anilines is 1. The number of amides is 2. The molecule has 0 bridgehead atoms. The highest BCUT2D eigenvalue weighted by molar-refractivity contribution is 5.89. The Balaban J connectivity index is 2.59. The Bertz CT molecular complexity index is 449. The molecular weight excluding hydrogens is 271 g/mol. The molecule has 0 radical (unpaired) electrons. The van der Waals surface area contributed by atoms with Crippen molar-refractivity contribution in [1.29, 1.82) is 0 Å². The molecular formula is C13H18F3N3O. The lowest BCUT2D eigenvalue weighted by molar-refractivity contribution is -0.122. The molecule has 1 atom stereocenters. The van der Waals surface area contributed by atoms with E-state index in [2.05, 4.69) is 10.6 Å². The number of alkyl halides is 3. The van der Waals surface area contributed by atoms with Crippen molar-refractivity contribution in [2.45, 2.75) is 26.1 Å². The van der Waals surface area contributed by atoms with Crippen LogP contribution in [0.25, 0.3) is 0 Å². The van der Waals surface area contributed by atoms with E-state index in [9.17, 15) is 18.0 Å². The van der Waals surface area contributed by atoms with Gasteiger partial charge < -0.3 is 16.0 Å². The molecule has 7 heteroatoms. The molecule has 20 heavy (non-hydrogen) atoms. The smallest absolute Gasteiger partial charge is 0.329 e. The lowest BCUT2D eigenvalue weighted by Gasteiger charge is -2.14. The highest BCUT2D eigenvalue weighted by atomic mass is 19.4. The maximum absolute atomic E-state index is 12.0. The van der Waals surface area contributed by atoms with Gasteiger partial charge in [0.2, 0.25) is 0 Å². The van der Waals surface area contributed by atoms with E-state index in [1.165, 1.54) is 0 Å². The quantitative estimate of drug-likeness (QED) is 0.780. The average Bonchev–Trinajstić information content (AvgIpc) is 2.36. The van der Waals surface area contributed by atoms with Crippen molar-refractivity contribution in [1.82, 2.24) is 10.6 Å². The van der Waals surface area contributed by atoms with Gasteiger partial charge in [-0.25, -0.2) is 4.79 Å². The van der Waals surface area contributed by atoms with Crippen molar-refractivity contribution in [3.63, 3.8) is 0 Å². The summed E-state index contributed by atoms with van der Waals surface area (Å²) >= 11 is 0. The first-order valence-corrected chi connectivity index (χ1v) is 6.26. The van der Waals surface area contributed by atoms with Gasteiger partial charge in [-0.15, -0.1) is 0 Å².